The second-order valence-corrected chi connectivity index (χ2v) is 1.44. The van der Waals surface area contributed by atoms with Gasteiger partial charge in [0.1, 0.15) is 0 Å². The molecule has 0 fully saturated rings. The van der Waals surface area contributed by atoms with Crippen molar-refractivity contribution in [2.75, 3.05) is 0 Å². The van der Waals surface area contributed by atoms with E-state index in [0.717, 1.165) is 5.57 Å². The van der Waals surface area contributed by atoms with Crippen LogP contribution in [0, 0.1) is 12.8 Å². The fourth-order valence-electron chi connectivity index (χ4n) is 0.232. The number of allylic oxidation sites excluding steroid dienone is 4. The first kappa shape index (κ1) is 10.7. The zero-order chi connectivity index (χ0) is 7.70. The molecule has 0 heteroatoms. The van der Waals surface area contributed by atoms with Crippen LogP contribution in [-0.2, 0) is 0 Å². The molecule has 0 aliphatic carbocycles. The maximum atomic E-state index is 4.00. The highest BCUT2D eigenvalue weighted by Gasteiger charge is 1.65. The van der Waals surface area contributed by atoms with Crippen LogP contribution in [0.2, 0.25) is 0 Å². The summed E-state index contributed by atoms with van der Waals surface area (Å²) in [5.74, 6) is 0. The van der Waals surface area contributed by atoms with E-state index in [1.54, 1.807) is 6.08 Å². The molecule has 0 aliphatic rings. The van der Waals surface area contributed by atoms with E-state index in [9.17, 15) is 0 Å². The first-order valence-corrected chi connectivity index (χ1v) is 2.55. The molecule has 48 valence electrons. The number of rotatable bonds is 2. The first-order chi connectivity index (χ1) is 4.27. The van der Waals surface area contributed by atoms with Crippen molar-refractivity contribution >= 4 is 0 Å². The summed E-state index contributed by atoms with van der Waals surface area (Å²) in [6, 6.07) is 0. The molecule has 0 saturated carbocycles. The standard InChI is InChI=1S/C7H10.C2H2/c1-4-5-6-7(2)3;1-2/h4-6H,1-2H2,3H3;1-2H/b6-5-;. The molecule has 0 radical (unpaired) electrons. The van der Waals surface area contributed by atoms with E-state index in [0.29, 0.717) is 0 Å². The van der Waals surface area contributed by atoms with Gasteiger partial charge < -0.3 is 0 Å². The van der Waals surface area contributed by atoms with Crippen LogP contribution < -0.4 is 0 Å². The van der Waals surface area contributed by atoms with Gasteiger partial charge in [0.15, 0.2) is 0 Å². The van der Waals surface area contributed by atoms with Gasteiger partial charge in [0, 0.05) is 0 Å². The molecule has 0 aromatic rings. The Morgan fingerprint density at radius 2 is 1.89 bits per heavy atom. The third-order valence-electron chi connectivity index (χ3n) is 0.517. The third-order valence-corrected chi connectivity index (χ3v) is 0.517. The van der Waals surface area contributed by atoms with Crippen LogP contribution in [0.25, 0.3) is 0 Å². The maximum Gasteiger partial charge on any atom is -0.0404 e. The lowest BCUT2D eigenvalue weighted by Crippen LogP contribution is -1.55. The van der Waals surface area contributed by atoms with Crippen LogP contribution in [-0.4, -0.2) is 0 Å². The first-order valence-electron chi connectivity index (χ1n) is 2.55. The Bertz CT molecular complexity index is 124. The topological polar surface area (TPSA) is 0 Å². The van der Waals surface area contributed by atoms with Gasteiger partial charge in [-0.05, 0) is 6.92 Å². The molecule has 0 unspecified atom stereocenters. The molecule has 0 aromatic heterocycles. The van der Waals surface area contributed by atoms with Gasteiger partial charge in [-0.25, -0.2) is 0 Å². The van der Waals surface area contributed by atoms with Crippen molar-refractivity contribution in [2.45, 2.75) is 6.92 Å². The molecule has 0 bridgehead atoms. The molecule has 0 heterocycles. The van der Waals surface area contributed by atoms with E-state index >= 15 is 0 Å². The number of hydrogen-bond acceptors (Lipinski definition) is 0. The van der Waals surface area contributed by atoms with Crippen molar-refractivity contribution in [1.29, 1.82) is 0 Å². The average molecular weight is 120 g/mol. The Morgan fingerprint density at radius 1 is 1.44 bits per heavy atom. The van der Waals surface area contributed by atoms with Crippen molar-refractivity contribution < 1.29 is 0 Å². The van der Waals surface area contributed by atoms with E-state index in [4.69, 9.17) is 0 Å². The number of terminal acetylenes is 1. The molecule has 0 nitrogen and oxygen atoms in total. The van der Waals surface area contributed by atoms with Crippen LogP contribution in [0.15, 0.2) is 37.0 Å². The lowest BCUT2D eigenvalue weighted by molar-refractivity contribution is 1.56. The summed E-state index contributed by atoms with van der Waals surface area (Å²) in [4.78, 5) is 0. The van der Waals surface area contributed by atoms with Crippen molar-refractivity contribution in [3.8, 4) is 12.8 Å². The van der Waals surface area contributed by atoms with Crippen LogP contribution in [0.3, 0.4) is 0 Å². The highest BCUT2D eigenvalue weighted by Crippen LogP contribution is 1.86. The minimum atomic E-state index is 1.06. The molecule has 0 aromatic carbocycles. The third kappa shape index (κ3) is 20.0. The number of hydrogen-bond donors (Lipinski definition) is 0. The van der Waals surface area contributed by atoms with Crippen LogP contribution >= 0.6 is 0 Å². The van der Waals surface area contributed by atoms with Gasteiger partial charge in [0.25, 0.3) is 0 Å². The summed E-state index contributed by atoms with van der Waals surface area (Å²) in [5, 5.41) is 0. The van der Waals surface area contributed by atoms with Gasteiger partial charge in [-0.3, -0.25) is 0 Å². The smallest absolute Gasteiger partial charge is 0.0404 e. The van der Waals surface area contributed by atoms with Crippen molar-refractivity contribution in [3.05, 3.63) is 37.0 Å². The SMILES string of the molecule is C#C.C=C/C=C\C(=C)C. The van der Waals surface area contributed by atoms with E-state index < -0.39 is 0 Å². The summed E-state index contributed by atoms with van der Waals surface area (Å²) >= 11 is 0. The highest BCUT2D eigenvalue weighted by atomic mass is 13.7. The summed E-state index contributed by atoms with van der Waals surface area (Å²) in [5.41, 5.74) is 1.06. The molecular formula is C9H12. The second-order valence-electron chi connectivity index (χ2n) is 1.44. The zero-order valence-corrected chi connectivity index (χ0v) is 5.80. The van der Waals surface area contributed by atoms with Crippen molar-refractivity contribution in [2.24, 2.45) is 0 Å². The molecule has 0 rings (SSSR count). The van der Waals surface area contributed by atoms with E-state index in [1.807, 2.05) is 19.1 Å². The quantitative estimate of drug-likeness (QED) is 0.388. The van der Waals surface area contributed by atoms with E-state index in [1.165, 1.54) is 0 Å². The van der Waals surface area contributed by atoms with Gasteiger partial charge in [-0.15, -0.1) is 12.8 Å². The molecule has 0 atom stereocenters. The van der Waals surface area contributed by atoms with E-state index in [-0.39, 0.29) is 0 Å². The van der Waals surface area contributed by atoms with Crippen LogP contribution in [0.5, 0.6) is 0 Å². The van der Waals surface area contributed by atoms with E-state index in [2.05, 4.69) is 26.0 Å². The van der Waals surface area contributed by atoms with Crippen LogP contribution in [0.1, 0.15) is 6.92 Å². The summed E-state index contributed by atoms with van der Waals surface area (Å²) in [6.07, 6.45) is 13.5. The predicted octanol–water partition coefficient (Wildman–Crippen LogP) is 2.55. The van der Waals surface area contributed by atoms with Gasteiger partial charge >= 0.3 is 0 Å². The summed E-state index contributed by atoms with van der Waals surface area (Å²) in [7, 11) is 0. The molecule has 0 aliphatic heterocycles. The Morgan fingerprint density at radius 3 is 2.00 bits per heavy atom. The summed E-state index contributed by atoms with van der Waals surface area (Å²) < 4.78 is 0. The lowest BCUT2D eigenvalue weighted by Gasteiger charge is -1.77. The summed E-state index contributed by atoms with van der Waals surface area (Å²) in [6.45, 7) is 9.11. The average Bonchev–Trinajstić information content (AvgIpc) is 1.88. The van der Waals surface area contributed by atoms with Crippen molar-refractivity contribution in [3.63, 3.8) is 0 Å². The minimum Gasteiger partial charge on any atom is -0.124 e. The molecule has 0 spiro atoms. The fourth-order valence-corrected chi connectivity index (χ4v) is 0.232. The van der Waals surface area contributed by atoms with Crippen molar-refractivity contribution in [1.82, 2.24) is 0 Å². The minimum absolute atomic E-state index is 1.06. The maximum absolute atomic E-state index is 4.00. The van der Waals surface area contributed by atoms with Gasteiger partial charge in [-0.2, -0.15) is 0 Å². The van der Waals surface area contributed by atoms with Crippen LogP contribution in [0.4, 0.5) is 0 Å². The molecule has 0 saturated heterocycles. The predicted molar refractivity (Wildman–Crippen MR) is 44.0 cm³/mol. The van der Waals surface area contributed by atoms with Gasteiger partial charge in [-0.1, -0.05) is 37.0 Å². The largest absolute Gasteiger partial charge is 0.124 e. The monoisotopic (exact) mass is 120 g/mol. The molecule has 0 N–H and O–H groups in total. The Hall–Kier alpha value is -1.22. The molecular weight excluding hydrogens is 108 g/mol. The fraction of sp³-hybridized carbons (Fsp3) is 0.111. The van der Waals surface area contributed by atoms with Gasteiger partial charge in [0.2, 0.25) is 0 Å². The Kier molecular flexibility index (Phi) is 11.8. The van der Waals surface area contributed by atoms with Gasteiger partial charge in [0.05, 0.1) is 0 Å². The molecule has 0 amide bonds. The lowest BCUT2D eigenvalue weighted by atomic mass is 10.3. The normalized spacial score (nSPS) is 7.44. The Labute approximate surface area is 57.6 Å². The molecule has 9 heavy (non-hydrogen) atoms. The zero-order valence-electron chi connectivity index (χ0n) is 5.80. The Balaban J connectivity index is 0. The highest BCUT2D eigenvalue weighted by molar-refractivity contribution is 5.15. The second kappa shape index (κ2) is 9.91.